The Hall–Kier alpha value is -2.36. The van der Waals surface area contributed by atoms with Gasteiger partial charge in [-0.05, 0) is 11.6 Å². The number of hydrogen-bond acceptors (Lipinski definition) is 3. The Kier molecular flexibility index (Phi) is 2.55. The fourth-order valence-corrected chi connectivity index (χ4v) is 1.59. The van der Waals surface area contributed by atoms with E-state index in [4.69, 9.17) is 11.5 Å². The first-order chi connectivity index (χ1) is 7.70. The van der Waals surface area contributed by atoms with Gasteiger partial charge in [0, 0.05) is 11.8 Å². The molecule has 0 saturated heterocycles. The van der Waals surface area contributed by atoms with Crippen molar-refractivity contribution in [2.24, 2.45) is 5.73 Å². The molecule has 2 aromatic rings. The van der Waals surface area contributed by atoms with Gasteiger partial charge in [-0.2, -0.15) is 0 Å². The molecule has 80 valence electrons. The minimum absolute atomic E-state index is 0.308. The fourth-order valence-electron chi connectivity index (χ4n) is 1.59. The lowest BCUT2D eigenvalue weighted by molar-refractivity contribution is 0.100. The molecule has 0 aliphatic carbocycles. The quantitative estimate of drug-likeness (QED) is 0.791. The predicted molar refractivity (Wildman–Crippen MR) is 62.6 cm³/mol. The molecule has 2 rings (SSSR count). The van der Waals surface area contributed by atoms with E-state index in [0.29, 0.717) is 16.9 Å². The number of aromatic nitrogens is 1. The second-order valence-corrected chi connectivity index (χ2v) is 3.35. The lowest BCUT2D eigenvalue weighted by atomic mass is 10.0. The molecule has 0 saturated carbocycles. The first-order valence-electron chi connectivity index (χ1n) is 4.80. The summed E-state index contributed by atoms with van der Waals surface area (Å²) in [5.41, 5.74) is 12.9. The third-order valence-electron chi connectivity index (χ3n) is 2.31. The van der Waals surface area contributed by atoms with Crippen molar-refractivity contribution in [3.05, 3.63) is 48.2 Å². The molecule has 0 aliphatic rings. The molecule has 16 heavy (non-hydrogen) atoms. The van der Waals surface area contributed by atoms with Crippen LogP contribution in [0.2, 0.25) is 0 Å². The van der Waals surface area contributed by atoms with Crippen LogP contribution in [0.4, 0.5) is 5.82 Å². The Labute approximate surface area is 92.9 Å². The van der Waals surface area contributed by atoms with Crippen LogP contribution in [0.15, 0.2) is 42.6 Å². The molecule has 1 aromatic heterocycles. The van der Waals surface area contributed by atoms with Gasteiger partial charge in [-0.25, -0.2) is 4.98 Å². The summed E-state index contributed by atoms with van der Waals surface area (Å²) in [5, 5.41) is 0. The van der Waals surface area contributed by atoms with E-state index >= 15 is 0 Å². The van der Waals surface area contributed by atoms with Crippen molar-refractivity contribution in [1.29, 1.82) is 0 Å². The molecule has 4 N–H and O–H groups in total. The third kappa shape index (κ3) is 1.72. The van der Waals surface area contributed by atoms with Crippen LogP contribution >= 0.6 is 0 Å². The highest BCUT2D eigenvalue weighted by Crippen LogP contribution is 2.27. The van der Waals surface area contributed by atoms with Gasteiger partial charge in [0.15, 0.2) is 0 Å². The van der Waals surface area contributed by atoms with Crippen molar-refractivity contribution >= 4 is 11.7 Å². The molecule has 0 fully saturated rings. The zero-order chi connectivity index (χ0) is 11.5. The topological polar surface area (TPSA) is 82.0 Å². The van der Waals surface area contributed by atoms with Gasteiger partial charge >= 0.3 is 0 Å². The smallest absolute Gasteiger partial charge is 0.249 e. The summed E-state index contributed by atoms with van der Waals surface area (Å²) in [4.78, 5) is 15.3. The van der Waals surface area contributed by atoms with Crippen LogP contribution in [0.25, 0.3) is 11.1 Å². The zero-order valence-corrected chi connectivity index (χ0v) is 8.55. The van der Waals surface area contributed by atoms with E-state index in [1.54, 1.807) is 6.07 Å². The number of rotatable bonds is 2. The lowest BCUT2D eigenvalue weighted by Crippen LogP contribution is -2.13. The molecule has 0 bridgehead atoms. The lowest BCUT2D eigenvalue weighted by Gasteiger charge is -2.08. The Morgan fingerprint density at radius 2 is 1.81 bits per heavy atom. The first-order valence-corrected chi connectivity index (χ1v) is 4.80. The van der Waals surface area contributed by atoms with Crippen LogP contribution in [0.3, 0.4) is 0 Å². The highest BCUT2D eigenvalue weighted by molar-refractivity contribution is 6.02. The van der Waals surface area contributed by atoms with E-state index in [1.165, 1.54) is 6.20 Å². The van der Waals surface area contributed by atoms with Gasteiger partial charge in [0.05, 0.1) is 5.56 Å². The molecule has 4 nitrogen and oxygen atoms in total. The summed E-state index contributed by atoms with van der Waals surface area (Å²) in [6.45, 7) is 0. The Bertz CT molecular complexity index is 523. The van der Waals surface area contributed by atoms with E-state index in [0.717, 1.165) is 5.56 Å². The van der Waals surface area contributed by atoms with Crippen molar-refractivity contribution in [2.75, 3.05) is 5.73 Å². The van der Waals surface area contributed by atoms with Gasteiger partial charge in [-0.3, -0.25) is 4.79 Å². The maximum absolute atomic E-state index is 11.3. The van der Waals surface area contributed by atoms with E-state index < -0.39 is 5.91 Å². The summed E-state index contributed by atoms with van der Waals surface area (Å²) in [6, 6.07) is 10.9. The van der Waals surface area contributed by atoms with E-state index in [-0.39, 0.29) is 0 Å². The third-order valence-corrected chi connectivity index (χ3v) is 2.31. The van der Waals surface area contributed by atoms with Crippen LogP contribution in [0.1, 0.15) is 10.4 Å². The average molecular weight is 213 g/mol. The number of hydrogen-bond donors (Lipinski definition) is 2. The van der Waals surface area contributed by atoms with Gasteiger partial charge in [-0.1, -0.05) is 30.3 Å². The maximum atomic E-state index is 11.3. The number of benzene rings is 1. The molecule has 0 radical (unpaired) electrons. The van der Waals surface area contributed by atoms with E-state index in [9.17, 15) is 4.79 Å². The van der Waals surface area contributed by atoms with E-state index in [1.807, 2.05) is 30.3 Å². The minimum Gasteiger partial charge on any atom is -0.383 e. The second kappa shape index (κ2) is 4.02. The van der Waals surface area contributed by atoms with Crippen LogP contribution in [0.5, 0.6) is 0 Å². The Morgan fingerprint density at radius 3 is 2.44 bits per heavy atom. The van der Waals surface area contributed by atoms with Crippen molar-refractivity contribution in [2.45, 2.75) is 0 Å². The normalized spacial score (nSPS) is 10.0. The number of pyridine rings is 1. The van der Waals surface area contributed by atoms with E-state index in [2.05, 4.69) is 4.98 Å². The molecule has 4 heteroatoms. The highest BCUT2D eigenvalue weighted by atomic mass is 16.1. The molecule has 0 aliphatic heterocycles. The average Bonchev–Trinajstić information content (AvgIpc) is 2.29. The number of anilines is 1. The molecular formula is C12H11N3O. The van der Waals surface area contributed by atoms with Gasteiger partial charge < -0.3 is 11.5 Å². The van der Waals surface area contributed by atoms with Crippen molar-refractivity contribution in [3.63, 3.8) is 0 Å². The molecule has 0 spiro atoms. The van der Waals surface area contributed by atoms with Crippen LogP contribution in [0, 0.1) is 0 Å². The van der Waals surface area contributed by atoms with Crippen LogP contribution in [-0.4, -0.2) is 10.9 Å². The second-order valence-electron chi connectivity index (χ2n) is 3.35. The molecular weight excluding hydrogens is 202 g/mol. The summed E-state index contributed by atoms with van der Waals surface area (Å²) in [7, 11) is 0. The fraction of sp³-hybridized carbons (Fsp3) is 0. The molecule has 0 atom stereocenters. The Balaban J connectivity index is 2.68. The SMILES string of the molecule is NC(=O)c1ccnc(N)c1-c1ccccc1. The minimum atomic E-state index is -0.507. The van der Waals surface area contributed by atoms with Gasteiger partial charge in [-0.15, -0.1) is 0 Å². The zero-order valence-electron chi connectivity index (χ0n) is 8.55. The number of carbonyl (C=O) groups excluding carboxylic acids is 1. The molecule has 0 unspecified atom stereocenters. The van der Waals surface area contributed by atoms with Crippen molar-refractivity contribution in [1.82, 2.24) is 4.98 Å². The largest absolute Gasteiger partial charge is 0.383 e. The van der Waals surface area contributed by atoms with Crippen LogP contribution < -0.4 is 11.5 Å². The summed E-state index contributed by atoms with van der Waals surface area (Å²) in [6.07, 6.45) is 1.47. The molecule has 1 aromatic carbocycles. The number of nitrogens with two attached hydrogens (primary N) is 2. The standard InChI is InChI=1S/C12H11N3O/c13-11-10(8-4-2-1-3-5-8)9(12(14)16)6-7-15-11/h1-7H,(H2,13,15)(H2,14,16). The molecule has 1 heterocycles. The van der Waals surface area contributed by atoms with Gasteiger partial charge in [0.25, 0.3) is 0 Å². The monoisotopic (exact) mass is 213 g/mol. The first kappa shape index (κ1) is 10.2. The predicted octanol–water partition coefficient (Wildman–Crippen LogP) is 1.43. The maximum Gasteiger partial charge on any atom is 0.249 e. The molecule has 1 amide bonds. The number of primary amides is 1. The van der Waals surface area contributed by atoms with Crippen molar-refractivity contribution in [3.8, 4) is 11.1 Å². The highest BCUT2D eigenvalue weighted by Gasteiger charge is 2.13. The van der Waals surface area contributed by atoms with Crippen molar-refractivity contribution < 1.29 is 4.79 Å². The summed E-state index contributed by atoms with van der Waals surface area (Å²) < 4.78 is 0. The summed E-state index contributed by atoms with van der Waals surface area (Å²) in [5.74, 6) is -0.199. The van der Waals surface area contributed by atoms with Gasteiger partial charge in [0.2, 0.25) is 5.91 Å². The summed E-state index contributed by atoms with van der Waals surface area (Å²) >= 11 is 0. The Morgan fingerprint density at radius 1 is 1.12 bits per heavy atom. The number of nitrogen functional groups attached to an aromatic ring is 1. The number of amides is 1. The number of nitrogens with zero attached hydrogens (tertiary/aromatic N) is 1. The number of carbonyl (C=O) groups is 1. The van der Waals surface area contributed by atoms with Gasteiger partial charge in [0.1, 0.15) is 5.82 Å². The van der Waals surface area contributed by atoms with Crippen LogP contribution in [-0.2, 0) is 0 Å².